The molecule has 9 nitrogen and oxygen atoms in total. The van der Waals surface area contributed by atoms with Gasteiger partial charge in [0, 0.05) is 12.8 Å². The van der Waals surface area contributed by atoms with Gasteiger partial charge in [0.1, 0.15) is 19.8 Å². The highest BCUT2D eigenvalue weighted by molar-refractivity contribution is 7.47. The molecule has 0 radical (unpaired) electrons. The first-order valence-corrected chi connectivity index (χ1v) is 25.3. The Morgan fingerprint density at radius 3 is 1.14 bits per heavy atom. The van der Waals surface area contributed by atoms with Crippen molar-refractivity contribution in [2.75, 3.05) is 47.5 Å². The van der Waals surface area contributed by atoms with Crippen molar-refractivity contribution in [3.63, 3.8) is 0 Å². The molecule has 0 bridgehead atoms. The summed E-state index contributed by atoms with van der Waals surface area (Å²) in [5, 5.41) is 0. The number of phosphoric ester groups is 1. The molecule has 0 aliphatic carbocycles. The first-order valence-electron chi connectivity index (χ1n) is 23.8. The minimum Gasteiger partial charge on any atom is -0.462 e. The maximum atomic E-state index is 12.7. The highest BCUT2D eigenvalue weighted by atomic mass is 31.2. The molecule has 0 aliphatic heterocycles. The van der Waals surface area contributed by atoms with E-state index in [0.29, 0.717) is 17.4 Å². The number of hydrogen-bond acceptors (Lipinski definition) is 7. The van der Waals surface area contributed by atoms with Crippen molar-refractivity contribution < 1.29 is 42.1 Å². The lowest BCUT2D eigenvalue weighted by atomic mass is 10.0. The van der Waals surface area contributed by atoms with Crippen LogP contribution in [0.15, 0.2) is 0 Å². The topological polar surface area (TPSA) is 108 Å². The number of nitrogens with zero attached hydrogens (tertiary/aromatic N) is 1. The van der Waals surface area contributed by atoms with E-state index in [1.165, 1.54) is 167 Å². The van der Waals surface area contributed by atoms with Gasteiger partial charge in [-0.25, -0.2) is 4.57 Å². The van der Waals surface area contributed by atoms with E-state index in [9.17, 15) is 19.0 Å². The second-order valence-electron chi connectivity index (χ2n) is 17.5. The van der Waals surface area contributed by atoms with Crippen LogP contribution in [0.25, 0.3) is 0 Å². The normalized spacial score (nSPS) is 13.5. The molecule has 0 fully saturated rings. The van der Waals surface area contributed by atoms with E-state index in [-0.39, 0.29) is 25.6 Å². The Labute approximate surface area is 346 Å². The summed E-state index contributed by atoms with van der Waals surface area (Å²) < 4.78 is 34.2. The number of carbonyl (C=O) groups is 2. The van der Waals surface area contributed by atoms with Gasteiger partial charge in [-0.2, -0.15) is 0 Å². The number of carbonyl (C=O) groups excluding carboxylic acids is 2. The predicted octanol–water partition coefficient (Wildman–Crippen LogP) is 13.6. The van der Waals surface area contributed by atoms with E-state index in [1.807, 2.05) is 21.1 Å². The maximum Gasteiger partial charge on any atom is 0.472 e. The lowest BCUT2D eigenvalue weighted by Gasteiger charge is -2.24. The van der Waals surface area contributed by atoms with Gasteiger partial charge in [-0.1, -0.05) is 206 Å². The molecule has 2 unspecified atom stereocenters. The van der Waals surface area contributed by atoms with Gasteiger partial charge >= 0.3 is 19.8 Å². The second-order valence-corrected chi connectivity index (χ2v) is 19.0. The SMILES string of the molecule is CCCCCCCCCCCCCCCCCCCCCCCCCCCC(=O)OC(COC(=O)CCCCCCCCC)COP(=O)(O)OCC[N+](C)(C)C. The Balaban J connectivity index is 4.02. The highest BCUT2D eigenvalue weighted by Gasteiger charge is 2.27. The van der Waals surface area contributed by atoms with Gasteiger partial charge in [-0.3, -0.25) is 18.6 Å². The summed E-state index contributed by atoms with van der Waals surface area (Å²) in [5.74, 6) is -0.791. The van der Waals surface area contributed by atoms with Crippen molar-refractivity contribution in [3.8, 4) is 0 Å². The summed E-state index contributed by atoms with van der Waals surface area (Å²) in [5.41, 5.74) is 0. The van der Waals surface area contributed by atoms with Crippen molar-refractivity contribution in [3.05, 3.63) is 0 Å². The van der Waals surface area contributed by atoms with Crippen LogP contribution >= 0.6 is 7.82 Å². The smallest absolute Gasteiger partial charge is 0.462 e. The molecule has 334 valence electrons. The molecule has 0 rings (SSSR count). The van der Waals surface area contributed by atoms with Crippen LogP contribution in [0.5, 0.6) is 0 Å². The van der Waals surface area contributed by atoms with Crippen molar-refractivity contribution in [1.82, 2.24) is 0 Å². The van der Waals surface area contributed by atoms with Crippen LogP contribution in [-0.2, 0) is 32.7 Å². The van der Waals surface area contributed by atoms with Gasteiger partial charge in [-0.15, -0.1) is 0 Å². The molecule has 0 saturated carbocycles. The zero-order chi connectivity index (χ0) is 41.4. The molecule has 0 saturated heterocycles. The van der Waals surface area contributed by atoms with Crippen molar-refractivity contribution in [2.45, 2.75) is 238 Å². The monoisotopic (exact) mass is 819 g/mol. The van der Waals surface area contributed by atoms with Crippen molar-refractivity contribution in [1.29, 1.82) is 0 Å². The Kier molecular flexibility index (Phi) is 38.8. The number of quaternary nitrogens is 1. The summed E-state index contributed by atoms with van der Waals surface area (Å²) >= 11 is 0. The van der Waals surface area contributed by atoms with Gasteiger partial charge in [0.05, 0.1) is 27.7 Å². The molecule has 0 aliphatic rings. The van der Waals surface area contributed by atoms with Crippen LogP contribution in [0, 0.1) is 0 Å². The average molecular weight is 819 g/mol. The van der Waals surface area contributed by atoms with Crippen LogP contribution in [-0.4, -0.2) is 74.9 Å². The number of likely N-dealkylation sites (N-methyl/N-ethyl adjacent to an activating group) is 1. The number of esters is 2. The first kappa shape index (κ1) is 55.0. The van der Waals surface area contributed by atoms with Crippen LogP contribution in [0.1, 0.15) is 232 Å². The number of unbranched alkanes of at least 4 members (excludes halogenated alkanes) is 30. The summed E-state index contributed by atoms with van der Waals surface area (Å²) in [6, 6.07) is 0. The van der Waals surface area contributed by atoms with Crippen molar-refractivity contribution >= 4 is 19.8 Å². The summed E-state index contributed by atoms with van der Waals surface area (Å²) in [6.07, 6.45) is 40.5. The van der Waals surface area contributed by atoms with E-state index in [0.717, 1.165) is 38.5 Å². The fraction of sp³-hybridized carbons (Fsp3) is 0.957. The highest BCUT2D eigenvalue weighted by Crippen LogP contribution is 2.43. The van der Waals surface area contributed by atoms with E-state index in [1.54, 1.807) is 0 Å². The summed E-state index contributed by atoms with van der Waals surface area (Å²) in [7, 11) is 1.49. The number of rotatable bonds is 44. The van der Waals surface area contributed by atoms with Crippen molar-refractivity contribution in [2.24, 2.45) is 0 Å². The third-order valence-electron chi connectivity index (χ3n) is 10.6. The standard InChI is InChI=1S/C46H92NO8P/c1-6-8-10-12-14-15-16-17-18-19-20-21-22-23-24-25-26-27-28-29-30-31-33-35-37-39-46(49)55-44(43-54-56(50,51)53-41-40-47(3,4)5)42-52-45(48)38-36-34-32-13-11-9-7-2/h44H,6-43H2,1-5H3/p+1. The molecule has 0 spiro atoms. The molecular weight excluding hydrogens is 725 g/mol. The van der Waals surface area contributed by atoms with E-state index in [2.05, 4.69) is 13.8 Å². The average Bonchev–Trinajstić information content (AvgIpc) is 3.15. The molecular formula is C46H93NO8P+. The Hall–Kier alpha value is -0.990. The lowest BCUT2D eigenvalue weighted by molar-refractivity contribution is -0.870. The molecule has 0 aromatic rings. The molecule has 2 atom stereocenters. The van der Waals surface area contributed by atoms with E-state index >= 15 is 0 Å². The van der Waals surface area contributed by atoms with Gasteiger partial charge in [0.2, 0.25) is 0 Å². The second kappa shape index (κ2) is 39.5. The van der Waals surface area contributed by atoms with Gasteiger partial charge in [0.15, 0.2) is 6.10 Å². The van der Waals surface area contributed by atoms with Crippen LogP contribution in [0.2, 0.25) is 0 Å². The Morgan fingerprint density at radius 2 is 0.804 bits per heavy atom. The van der Waals surface area contributed by atoms with Crippen LogP contribution < -0.4 is 0 Å². The lowest BCUT2D eigenvalue weighted by Crippen LogP contribution is -2.37. The number of hydrogen-bond donors (Lipinski definition) is 1. The number of ether oxygens (including phenoxy) is 2. The van der Waals surface area contributed by atoms with Crippen LogP contribution in [0.4, 0.5) is 0 Å². The summed E-state index contributed by atoms with van der Waals surface area (Å²) in [6.45, 7) is 4.41. The third kappa shape index (κ3) is 42.6. The van der Waals surface area contributed by atoms with Gasteiger partial charge < -0.3 is 18.9 Å². The first-order chi connectivity index (χ1) is 27.0. The molecule has 0 heterocycles. The fourth-order valence-corrected chi connectivity index (χ4v) is 7.64. The Bertz CT molecular complexity index is 927. The Morgan fingerprint density at radius 1 is 0.482 bits per heavy atom. The summed E-state index contributed by atoms with van der Waals surface area (Å²) in [4.78, 5) is 35.2. The minimum atomic E-state index is -4.36. The zero-order valence-electron chi connectivity index (χ0n) is 37.6. The molecule has 10 heteroatoms. The fourth-order valence-electron chi connectivity index (χ4n) is 6.90. The zero-order valence-corrected chi connectivity index (χ0v) is 38.5. The molecule has 0 aromatic heterocycles. The number of phosphoric acid groups is 1. The molecule has 1 N–H and O–H groups in total. The van der Waals surface area contributed by atoms with E-state index < -0.39 is 26.5 Å². The third-order valence-corrected chi connectivity index (χ3v) is 11.6. The largest absolute Gasteiger partial charge is 0.472 e. The molecule has 0 amide bonds. The van der Waals surface area contributed by atoms with E-state index in [4.69, 9.17) is 18.5 Å². The predicted molar refractivity (Wildman–Crippen MR) is 234 cm³/mol. The van der Waals surface area contributed by atoms with Gasteiger partial charge in [-0.05, 0) is 12.8 Å². The van der Waals surface area contributed by atoms with Gasteiger partial charge in [0.25, 0.3) is 0 Å². The quantitative estimate of drug-likeness (QED) is 0.0280. The molecule has 56 heavy (non-hydrogen) atoms. The maximum absolute atomic E-state index is 12.7. The molecule has 0 aromatic carbocycles. The minimum absolute atomic E-state index is 0.0365. The van der Waals surface area contributed by atoms with Crippen LogP contribution in [0.3, 0.4) is 0 Å².